The number of ether oxygens (including phenoxy) is 1. The second-order valence-electron chi connectivity index (χ2n) is 3.43. The van der Waals surface area contributed by atoms with Gasteiger partial charge in [-0.1, -0.05) is 17.7 Å². The second kappa shape index (κ2) is 5.34. The molecule has 0 fully saturated rings. The molecular weight excluding hydrogens is 242 g/mol. The van der Waals surface area contributed by atoms with Crippen molar-refractivity contribution in [3.63, 3.8) is 0 Å². The van der Waals surface area contributed by atoms with E-state index in [-0.39, 0.29) is 6.04 Å². The Morgan fingerprint density at radius 3 is 2.94 bits per heavy atom. The maximum Gasteiger partial charge on any atom is 0.120 e. The van der Waals surface area contributed by atoms with Crippen LogP contribution in [0.25, 0.3) is 0 Å². The van der Waals surface area contributed by atoms with E-state index in [1.54, 1.807) is 17.4 Å². The van der Waals surface area contributed by atoms with E-state index >= 15 is 0 Å². The molecule has 84 valence electrons. The molecule has 4 heteroatoms. The summed E-state index contributed by atoms with van der Waals surface area (Å²) in [4.78, 5) is 0. The predicted molar refractivity (Wildman–Crippen MR) is 68.2 cm³/mol. The maximum absolute atomic E-state index is 5.97. The van der Waals surface area contributed by atoms with Crippen molar-refractivity contribution >= 4 is 22.9 Å². The van der Waals surface area contributed by atoms with Gasteiger partial charge in [-0.3, -0.25) is 0 Å². The standard InChI is InChI=1S/C12H12ClNOS/c13-10-2-1-3-11(6-10)15-7-12(14)9-4-5-16-8-9/h1-6,8,12H,7,14H2. The molecular formula is C12H12ClNOS. The highest BCUT2D eigenvalue weighted by atomic mass is 35.5. The van der Waals surface area contributed by atoms with Crippen molar-refractivity contribution < 1.29 is 4.74 Å². The molecule has 0 aliphatic rings. The van der Waals surface area contributed by atoms with E-state index in [2.05, 4.69) is 0 Å². The molecule has 2 rings (SSSR count). The lowest BCUT2D eigenvalue weighted by atomic mass is 10.2. The molecule has 0 aliphatic heterocycles. The minimum Gasteiger partial charge on any atom is -0.492 e. The van der Waals surface area contributed by atoms with Crippen LogP contribution in [0.3, 0.4) is 0 Å². The summed E-state index contributed by atoms with van der Waals surface area (Å²) < 4.78 is 5.57. The van der Waals surface area contributed by atoms with Crippen LogP contribution in [-0.4, -0.2) is 6.61 Å². The van der Waals surface area contributed by atoms with Crippen molar-refractivity contribution in [3.05, 3.63) is 51.7 Å². The topological polar surface area (TPSA) is 35.2 Å². The van der Waals surface area contributed by atoms with Crippen LogP contribution in [-0.2, 0) is 0 Å². The Hall–Kier alpha value is -1.03. The fourth-order valence-electron chi connectivity index (χ4n) is 1.32. The lowest BCUT2D eigenvalue weighted by Gasteiger charge is -2.12. The number of halogens is 1. The zero-order valence-corrected chi connectivity index (χ0v) is 10.2. The summed E-state index contributed by atoms with van der Waals surface area (Å²) in [6.45, 7) is 0.455. The Balaban J connectivity index is 1.92. The third kappa shape index (κ3) is 2.98. The van der Waals surface area contributed by atoms with Crippen molar-refractivity contribution in [3.8, 4) is 5.75 Å². The Bertz CT molecular complexity index is 444. The number of rotatable bonds is 4. The van der Waals surface area contributed by atoms with E-state index in [0.717, 1.165) is 11.3 Å². The summed E-state index contributed by atoms with van der Waals surface area (Å²) in [6, 6.07) is 9.23. The van der Waals surface area contributed by atoms with Gasteiger partial charge in [0, 0.05) is 5.02 Å². The van der Waals surface area contributed by atoms with Crippen LogP contribution in [0.4, 0.5) is 0 Å². The molecule has 0 aliphatic carbocycles. The highest BCUT2D eigenvalue weighted by Crippen LogP contribution is 2.19. The highest BCUT2D eigenvalue weighted by molar-refractivity contribution is 7.07. The summed E-state index contributed by atoms with van der Waals surface area (Å²) in [6.07, 6.45) is 0. The monoisotopic (exact) mass is 253 g/mol. The van der Waals surface area contributed by atoms with Crippen LogP contribution in [0, 0.1) is 0 Å². The van der Waals surface area contributed by atoms with Crippen molar-refractivity contribution in [1.29, 1.82) is 0 Å². The van der Waals surface area contributed by atoms with Crippen LogP contribution in [0.2, 0.25) is 5.02 Å². The van der Waals surface area contributed by atoms with Gasteiger partial charge in [0.25, 0.3) is 0 Å². The molecule has 1 aromatic carbocycles. The SMILES string of the molecule is NC(COc1cccc(Cl)c1)c1ccsc1. The van der Waals surface area contributed by atoms with E-state index in [1.165, 1.54) is 0 Å². The zero-order valence-electron chi connectivity index (χ0n) is 8.60. The van der Waals surface area contributed by atoms with E-state index in [0.29, 0.717) is 11.6 Å². The van der Waals surface area contributed by atoms with Crippen LogP contribution in [0.15, 0.2) is 41.1 Å². The Kier molecular flexibility index (Phi) is 3.83. The molecule has 2 aromatic rings. The first-order valence-corrected chi connectivity index (χ1v) is 6.24. The number of hydrogen-bond donors (Lipinski definition) is 1. The van der Waals surface area contributed by atoms with Crippen molar-refractivity contribution in [1.82, 2.24) is 0 Å². The van der Waals surface area contributed by atoms with Crippen molar-refractivity contribution in [2.24, 2.45) is 5.73 Å². The quantitative estimate of drug-likeness (QED) is 0.906. The number of nitrogens with two attached hydrogens (primary N) is 1. The largest absolute Gasteiger partial charge is 0.492 e. The van der Waals surface area contributed by atoms with Crippen molar-refractivity contribution in [2.45, 2.75) is 6.04 Å². The first kappa shape index (κ1) is 11.5. The zero-order chi connectivity index (χ0) is 11.4. The van der Waals surface area contributed by atoms with Gasteiger partial charge in [-0.05, 0) is 40.6 Å². The second-order valence-corrected chi connectivity index (χ2v) is 4.65. The van der Waals surface area contributed by atoms with Gasteiger partial charge in [0.05, 0.1) is 6.04 Å². The first-order valence-electron chi connectivity index (χ1n) is 4.92. The van der Waals surface area contributed by atoms with Gasteiger partial charge in [-0.15, -0.1) is 0 Å². The van der Waals surface area contributed by atoms with E-state index in [4.69, 9.17) is 22.1 Å². The Morgan fingerprint density at radius 2 is 2.25 bits per heavy atom. The summed E-state index contributed by atoms with van der Waals surface area (Å²) in [5.74, 6) is 0.748. The molecule has 0 spiro atoms. The minimum atomic E-state index is -0.0924. The summed E-state index contributed by atoms with van der Waals surface area (Å²) in [5, 5.41) is 4.71. The van der Waals surface area contributed by atoms with Gasteiger partial charge in [0.1, 0.15) is 12.4 Å². The maximum atomic E-state index is 5.97. The van der Waals surface area contributed by atoms with Crippen LogP contribution in [0.5, 0.6) is 5.75 Å². The minimum absolute atomic E-state index is 0.0924. The Labute approximate surface area is 104 Å². The molecule has 0 radical (unpaired) electrons. The first-order chi connectivity index (χ1) is 7.75. The van der Waals surface area contributed by atoms with Gasteiger partial charge in [-0.25, -0.2) is 0 Å². The van der Waals surface area contributed by atoms with Crippen molar-refractivity contribution in [2.75, 3.05) is 6.61 Å². The molecule has 1 heterocycles. The molecule has 2 nitrogen and oxygen atoms in total. The predicted octanol–water partition coefficient (Wildman–Crippen LogP) is 3.48. The molecule has 1 atom stereocenters. The normalized spacial score (nSPS) is 12.4. The van der Waals surface area contributed by atoms with Crippen LogP contribution < -0.4 is 10.5 Å². The molecule has 0 bridgehead atoms. The summed E-state index contributed by atoms with van der Waals surface area (Å²) in [5.41, 5.74) is 7.08. The molecule has 0 saturated heterocycles. The number of benzene rings is 1. The fraction of sp³-hybridized carbons (Fsp3) is 0.167. The van der Waals surface area contributed by atoms with Gasteiger partial charge in [0.2, 0.25) is 0 Å². The highest BCUT2D eigenvalue weighted by Gasteiger charge is 2.07. The lowest BCUT2D eigenvalue weighted by molar-refractivity contribution is 0.291. The average Bonchev–Trinajstić information content (AvgIpc) is 2.79. The van der Waals surface area contributed by atoms with Gasteiger partial charge in [0.15, 0.2) is 0 Å². The van der Waals surface area contributed by atoms with Gasteiger partial charge >= 0.3 is 0 Å². The average molecular weight is 254 g/mol. The molecule has 1 unspecified atom stereocenters. The van der Waals surface area contributed by atoms with E-state index in [9.17, 15) is 0 Å². The van der Waals surface area contributed by atoms with Crippen LogP contribution in [0.1, 0.15) is 11.6 Å². The third-order valence-electron chi connectivity index (χ3n) is 2.20. The van der Waals surface area contributed by atoms with Gasteiger partial charge < -0.3 is 10.5 Å². The Morgan fingerprint density at radius 1 is 1.38 bits per heavy atom. The summed E-state index contributed by atoms with van der Waals surface area (Å²) in [7, 11) is 0. The smallest absolute Gasteiger partial charge is 0.120 e. The number of hydrogen-bond acceptors (Lipinski definition) is 3. The molecule has 16 heavy (non-hydrogen) atoms. The molecule has 0 amide bonds. The molecule has 1 aromatic heterocycles. The lowest BCUT2D eigenvalue weighted by Crippen LogP contribution is -2.18. The van der Waals surface area contributed by atoms with E-state index in [1.807, 2.05) is 35.0 Å². The van der Waals surface area contributed by atoms with E-state index < -0.39 is 0 Å². The van der Waals surface area contributed by atoms with Crippen LogP contribution >= 0.6 is 22.9 Å². The third-order valence-corrected chi connectivity index (χ3v) is 3.13. The number of thiophene rings is 1. The fourth-order valence-corrected chi connectivity index (χ4v) is 2.23. The summed E-state index contributed by atoms with van der Waals surface area (Å²) >= 11 is 7.49. The molecule has 2 N–H and O–H groups in total. The molecule has 0 saturated carbocycles. The van der Waals surface area contributed by atoms with Gasteiger partial charge in [-0.2, -0.15) is 11.3 Å².